The third kappa shape index (κ3) is 5.05. The molecule has 0 radical (unpaired) electrons. The fourth-order valence-corrected chi connectivity index (χ4v) is 3.67. The van der Waals surface area contributed by atoms with E-state index >= 15 is 0 Å². The number of nitrogens with one attached hydrogen (secondary N) is 1. The van der Waals surface area contributed by atoms with Crippen LogP contribution < -0.4 is 5.32 Å². The summed E-state index contributed by atoms with van der Waals surface area (Å²) in [5, 5.41) is 14.0. The van der Waals surface area contributed by atoms with Crippen molar-refractivity contribution >= 4 is 0 Å². The molecule has 2 aliphatic rings. The summed E-state index contributed by atoms with van der Waals surface area (Å²) in [5.74, 6) is 0. The zero-order valence-corrected chi connectivity index (χ0v) is 12.7. The van der Waals surface area contributed by atoms with E-state index in [9.17, 15) is 5.11 Å². The molecular weight excluding hydrogens is 236 g/mol. The van der Waals surface area contributed by atoms with Crippen molar-refractivity contribution in [2.45, 2.75) is 75.9 Å². The zero-order chi connectivity index (χ0) is 13.6. The number of hydrogen-bond acceptors (Lipinski definition) is 3. The van der Waals surface area contributed by atoms with Crippen LogP contribution in [0.5, 0.6) is 0 Å². The maximum Gasteiger partial charge on any atom is 0.0771 e. The zero-order valence-electron chi connectivity index (χ0n) is 12.7. The van der Waals surface area contributed by atoms with Gasteiger partial charge in [-0.15, -0.1) is 0 Å². The second-order valence-corrected chi connectivity index (χ2v) is 6.73. The smallest absolute Gasteiger partial charge is 0.0771 e. The van der Waals surface area contributed by atoms with Crippen LogP contribution in [0.2, 0.25) is 0 Å². The minimum absolute atomic E-state index is 0.428. The highest BCUT2D eigenvalue weighted by atomic mass is 16.3. The lowest BCUT2D eigenvalue weighted by atomic mass is 9.94. The van der Waals surface area contributed by atoms with Crippen LogP contribution in [0.15, 0.2) is 0 Å². The van der Waals surface area contributed by atoms with Crippen molar-refractivity contribution in [1.29, 1.82) is 0 Å². The molecule has 0 saturated heterocycles. The van der Waals surface area contributed by atoms with E-state index in [-0.39, 0.29) is 0 Å². The van der Waals surface area contributed by atoms with E-state index in [0.717, 1.165) is 38.5 Å². The van der Waals surface area contributed by atoms with Crippen LogP contribution in [0, 0.1) is 0 Å². The normalized spacial score (nSPS) is 24.8. The molecule has 3 heteroatoms. The Labute approximate surface area is 118 Å². The van der Waals surface area contributed by atoms with Crippen molar-refractivity contribution in [3.8, 4) is 0 Å². The van der Waals surface area contributed by atoms with Gasteiger partial charge in [-0.3, -0.25) is 0 Å². The lowest BCUT2D eigenvalue weighted by Crippen LogP contribution is -2.43. The van der Waals surface area contributed by atoms with E-state index in [2.05, 4.69) is 17.3 Å². The maximum atomic E-state index is 10.6. The molecule has 19 heavy (non-hydrogen) atoms. The van der Waals surface area contributed by atoms with Gasteiger partial charge in [0.15, 0.2) is 0 Å². The first-order valence-corrected chi connectivity index (χ1v) is 8.33. The summed E-state index contributed by atoms with van der Waals surface area (Å²) >= 11 is 0. The molecule has 2 fully saturated rings. The predicted octanol–water partition coefficient (Wildman–Crippen LogP) is 2.54. The second kappa shape index (κ2) is 7.61. The number of hydrogen-bond donors (Lipinski definition) is 2. The molecule has 0 aromatic carbocycles. The van der Waals surface area contributed by atoms with Crippen LogP contribution in [0.3, 0.4) is 0 Å². The van der Waals surface area contributed by atoms with Gasteiger partial charge in [-0.1, -0.05) is 38.5 Å². The van der Waals surface area contributed by atoms with Crippen LogP contribution in [0.25, 0.3) is 0 Å². The minimum atomic E-state index is -0.428. The number of nitrogens with zero attached hydrogens (tertiary/aromatic N) is 1. The van der Waals surface area contributed by atoms with Gasteiger partial charge in [0.1, 0.15) is 0 Å². The minimum Gasteiger partial charge on any atom is -0.389 e. The van der Waals surface area contributed by atoms with Gasteiger partial charge in [0.25, 0.3) is 0 Å². The average Bonchev–Trinajstić information content (AvgIpc) is 2.85. The molecule has 0 atom stereocenters. The molecule has 2 N–H and O–H groups in total. The first-order chi connectivity index (χ1) is 9.20. The van der Waals surface area contributed by atoms with E-state index in [4.69, 9.17) is 0 Å². The number of aliphatic hydroxyl groups is 1. The standard InChI is InChI=1S/C16H32N2O/c1-18(15-8-4-5-9-15)13-12-17-14-16(19)10-6-2-3-7-11-16/h15,17,19H,2-14H2,1H3. The lowest BCUT2D eigenvalue weighted by Gasteiger charge is -2.28. The molecular formula is C16H32N2O. The van der Waals surface area contributed by atoms with Gasteiger partial charge in [0.05, 0.1) is 5.60 Å². The van der Waals surface area contributed by atoms with Gasteiger partial charge < -0.3 is 15.3 Å². The summed E-state index contributed by atoms with van der Waals surface area (Å²) in [6, 6.07) is 0.808. The van der Waals surface area contributed by atoms with Crippen molar-refractivity contribution in [3.63, 3.8) is 0 Å². The van der Waals surface area contributed by atoms with Crippen molar-refractivity contribution in [2.75, 3.05) is 26.7 Å². The Morgan fingerprint density at radius 3 is 2.32 bits per heavy atom. The molecule has 2 aliphatic carbocycles. The van der Waals surface area contributed by atoms with E-state index in [1.165, 1.54) is 51.4 Å². The highest BCUT2D eigenvalue weighted by Crippen LogP contribution is 2.26. The Balaban J connectivity index is 1.59. The van der Waals surface area contributed by atoms with Gasteiger partial charge in [-0.2, -0.15) is 0 Å². The summed E-state index contributed by atoms with van der Waals surface area (Å²) in [6.45, 7) is 2.90. The molecule has 2 rings (SSSR count). The lowest BCUT2D eigenvalue weighted by molar-refractivity contribution is 0.0249. The van der Waals surface area contributed by atoms with Crippen LogP contribution in [-0.2, 0) is 0 Å². The van der Waals surface area contributed by atoms with Crippen molar-refractivity contribution < 1.29 is 5.11 Å². The highest BCUT2D eigenvalue weighted by molar-refractivity contribution is 4.83. The third-order valence-corrected chi connectivity index (χ3v) is 5.08. The Bertz CT molecular complexity index is 243. The molecule has 0 aromatic rings. The maximum absolute atomic E-state index is 10.6. The van der Waals surface area contributed by atoms with Gasteiger partial charge in [-0.05, 0) is 32.7 Å². The molecule has 2 saturated carbocycles. The van der Waals surface area contributed by atoms with Crippen LogP contribution in [0.1, 0.15) is 64.2 Å². The monoisotopic (exact) mass is 268 g/mol. The quantitative estimate of drug-likeness (QED) is 0.574. The highest BCUT2D eigenvalue weighted by Gasteiger charge is 2.27. The fraction of sp³-hybridized carbons (Fsp3) is 1.00. The summed E-state index contributed by atoms with van der Waals surface area (Å²) in [5.41, 5.74) is -0.428. The molecule has 112 valence electrons. The third-order valence-electron chi connectivity index (χ3n) is 5.08. The van der Waals surface area contributed by atoms with E-state index in [1.807, 2.05) is 0 Å². The molecule has 0 bridgehead atoms. The van der Waals surface area contributed by atoms with Crippen molar-refractivity contribution in [3.05, 3.63) is 0 Å². The van der Waals surface area contributed by atoms with E-state index in [0.29, 0.717) is 0 Å². The van der Waals surface area contributed by atoms with Gasteiger partial charge in [0.2, 0.25) is 0 Å². The fourth-order valence-electron chi connectivity index (χ4n) is 3.67. The molecule has 0 heterocycles. The van der Waals surface area contributed by atoms with Crippen LogP contribution in [0.4, 0.5) is 0 Å². The van der Waals surface area contributed by atoms with Crippen molar-refractivity contribution in [2.24, 2.45) is 0 Å². The van der Waals surface area contributed by atoms with Gasteiger partial charge >= 0.3 is 0 Å². The van der Waals surface area contributed by atoms with Gasteiger partial charge in [0, 0.05) is 25.7 Å². The summed E-state index contributed by atoms with van der Waals surface area (Å²) in [4.78, 5) is 2.50. The molecule has 3 nitrogen and oxygen atoms in total. The first kappa shape index (κ1) is 15.3. The number of rotatable bonds is 6. The van der Waals surface area contributed by atoms with E-state index < -0.39 is 5.60 Å². The summed E-state index contributed by atoms with van der Waals surface area (Å²) < 4.78 is 0. The molecule has 0 aliphatic heterocycles. The molecule has 0 aromatic heterocycles. The summed E-state index contributed by atoms with van der Waals surface area (Å²) in [7, 11) is 2.25. The topological polar surface area (TPSA) is 35.5 Å². The van der Waals surface area contributed by atoms with Crippen molar-refractivity contribution in [1.82, 2.24) is 10.2 Å². The largest absolute Gasteiger partial charge is 0.389 e. The average molecular weight is 268 g/mol. The second-order valence-electron chi connectivity index (χ2n) is 6.73. The first-order valence-electron chi connectivity index (χ1n) is 8.33. The van der Waals surface area contributed by atoms with E-state index in [1.54, 1.807) is 0 Å². The Morgan fingerprint density at radius 1 is 1.05 bits per heavy atom. The Morgan fingerprint density at radius 2 is 1.68 bits per heavy atom. The SMILES string of the molecule is CN(CCNCC1(O)CCCCCC1)C1CCCC1. The Hall–Kier alpha value is -0.120. The number of likely N-dealkylation sites (N-methyl/N-ethyl adjacent to an activating group) is 1. The molecule has 0 unspecified atom stereocenters. The van der Waals surface area contributed by atoms with Crippen LogP contribution in [-0.4, -0.2) is 48.3 Å². The predicted molar refractivity (Wildman–Crippen MR) is 80.4 cm³/mol. The summed E-state index contributed by atoms with van der Waals surface area (Å²) in [6.07, 6.45) is 12.5. The van der Waals surface area contributed by atoms with Crippen LogP contribution >= 0.6 is 0 Å². The molecule has 0 spiro atoms. The Kier molecular flexibility index (Phi) is 6.11. The molecule has 0 amide bonds. The van der Waals surface area contributed by atoms with Gasteiger partial charge in [-0.25, -0.2) is 0 Å².